The lowest BCUT2D eigenvalue weighted by molar-refractivity contribution is -0.141. The third-order valence-electron chi connectivity index (χ3n) is 2.59. The largest absolute Gasteiger partial charge is 0.468 e. The van der Waals surface area contributed by atoms with Crippen LogP contribution in [-0.4, -0.2) is 37.6 Å². The van der Waals surface area contributed by atoms with Crippen LogP contribution in [0.25, 0.3) is 6.08 Å². The summed E-state index contributed by atoms with van der Waals surface area (Å²) in [6.45, 7) is 4.11. The molecule has 0 aliphatic heterocycles. The van der Waals surface area contributed by atoms with Crippen molar-refractivity contribution in [3.63, 3.8) is 0 Å². The van der Waals surface area contributed by atoms with E-state index in [1.807, 2.05) is 18.2 Å². The van der Waals surface area contributed by atoms with Gasteiger partial charge in [0.25, 0.3) is 0 Å². The molecule has 0 radical (unpaired) electrons. The molecule has 1 aromatic rings. The molecule has 18 heavy (non-hydrogen) atoms. The average Bonchev–Trinajstić information content (AvgIpc) is 2.40. The van der Waals surface area contributed by atoms with Crippen molar-refractivity contribution in [2.24, 2.45) is 0 Å². The van der Waals surface area contributed by atoms with E-state index < -0.39 is 0 Å². The number of methoxy groups -OCH3 is 1. The number of nitrogens with zero attached hydrogens (tertiary/aromatic N) is 1. The lowest BCUT2D eigenvalue weighted by Gasteiger charge is -2.17. The molecule has 0 heterocycles. The third-order valence-corrected chi connectivity index (χ3v) is 2.59. The molecule has 1 rings (SSSR count). The number of esters is 1. The smallest absolute Gasteiger partial charge is 0.319 e. The first-order valence-electron chi connectivity index (χ1n) is 6.27. The van der Waals surface area contributed by atoms with Gasteiger partial charge in [-0.2, -0.15) is 0 Å². The maximum atomic E-state index is 11.2. The van der Waals surface area contributed by atoms with E-state index in [0.29, 0.717) is 6.54 Å². The topological polar surface area (TPSA) is 29.5 Å². The summed E-state index contributed by atoms with van der Waals surface area (Å²) in [5.74, 6) is -0.184. The van der Waals surface area contributed by atoms with Crippen LogP contribution in [0.15, 0.2) is 36.4 Å². The molecule has 0 aliphatic carbocycles. The summed E-state index contributed by atoms with van der Waals surface area (Å²) < 4.78 is 4.69. The van der Waals surface area contributed by atoms with Crippen molar-refractivity contribution < 1.29 is 9.53 Å². The van der Waals surface area contributed by atoms with E-state index in [4.69, 9.17) is 0 Å². The lowest BCUT2D eigenvalue weighted by atomic mass is 10.2. The van der Waals surface area contributed by atoms with Gasteiger partial charge in [-0.15, -0.1) is 0 Å². The van der Waals surface area contributed by atoms with Crippen molar-refractivity contribution in [1.29, 1.82) is 0 Å². The normalized spacial score (nSPS) is 11.1. The second kappa shape index (κ2) is 8.48. The van der Waals surface area contributed by atoms with Crippen molar-refractivity contribution in [3.05, 3.63) is 42.0 Å². The Morgan fingerprint density at radius 2 is 2.06 bits per heavy atom. The van der Waals surface area contributed by atoms with Crippen LogP contribution in [0.3, 0.4) is 0 Å². The summed E-state index contributed by atoms with van der Waals surface area (Å²) in [5, 5.41) is 0. The van der Waals surface area contributed by atoms with Crippen molar-refractivity contribution >= 4 is 12.0 Å². The molecule has 0 bridgehead atoms. The molecular formula is C15H21NO2. The third kappa shape index (κ3) is 5.64. The molecule has 0 saturated heterocycles. The standard InChI is InChI=1S/C15H21NO2/c1-3-11-16(13-15(17)18-2)12-7-10-14-8-5-4-6-9-14/h4-10H,3,11-13H2,1-2H3. The first-order chi connectivity index (χ1) is 8.76. The zero-order valence-corrected chi connectivity index (χ0v) is 11.1. The number of carbonyl (C=O) groups excluding carboxylic acids is 1. The Balaban J connectivity index is 2.46. The molecule has 98 valence electrons. The number of rotatable bonds is 7. The zero-order valence-electron chi connectivity index (χ0n) is 11.1. The molecular weight excluding hydrogens is 226 g/mol. The predicted molar refractivity (Wildman–Crippen MR) is 74.2 cm³/mol. The minimum Gasteiger partial charge on any atom is -0.468 e. The van der Waals surface area contributed by atoms with Crippen molar-refractivity contribution in [2.45, 2.75) is 13.3 Å². The average molecular weight is 247 g/mol. The van der Waals surface area contributed by atoms with Crippen LogP contribution in [0.5, 0.6) is 0 Å². The van der Waals surface area contributed by atoms with Gasteiger partial charge in [0.15, 0.2) is 0 Å². The molecule has 0 amide bonds. The van der Waals surface area contributed by atoms with Crippen LogP contribution in [-0.2, 0) is 9.53 Å². The van der Waals surface area contributed by atoms with E-state index >= 15 is 0 Å². The van der Waals surface area contributed by atoms with E-state index in [9.17, 15) is 4.79 Å². The van der Waals surface area contributed by atoms with Gasteiger partial charge < -0.3 is 4.74 Å². The Morgan fingerprint density at radius 3 is 2.67 bits per heavy atom. The number of benzene rings is 1. The Kier molecular flexibility index (Phi) is 6.81. The summed E-state index contributed by atoms with van der Waals surface area (Å²) >= 11 is 0. The predicted octanol–water partition coefficient (Wildman–Crippen LogP) is 2.58. The second-order valence-electron chi connectivity index (χ2n) is 4.12. The fraction of sp³-hybridized carbons (Fsp3) is 0.400. The van der Waals surface area contributed by atoms with Gasteiger partial charge in [-0.25, -0.2) is 0 Å². The zero-order chi connectivity index (χ0) is 13.2. The Bertz CT molecular complexity index is 373. The first kappa shape index (κ1) is 14.5. The van der Waals surface area contributed by atoms with Gasteiger partial charge in [-0.1, -0.05) is 49.4 Å². The van der Waals surface area contributed by atoms with Gasteiger partial charge in [0.05, 0.1) is 13.7 Å². The maximum absolute atomic E-state index is 11.2. The Morgan fingerprint density at radius 1 is 1.33 bits per heavy atom. The highest BCUT2D eigenvalue weighted by Crippen LogP contribution is 2.02. The molecule has 0 saturated carbocycles. The van der Waals surface area contributed by atoms with Gasteiger partial charge >= 0.3 is 5.97 Å². The molecule has 0 N–H and O–H groups in total. The van der Waals surface area contributed by atoms with E-state index in [-0.39, 0.29) is 5.97 Å². The van der Waals surface area contributed by atoms with Gasteiger partial charge in [0, 0.05) is 6.54 Å². The summed E-state index contributed by atoms with van der Waals surface area (Å²) in [4.78, 5) is 13.3. The number of ether oxygens (including phenoxy) is 1. The van der Waals surface area contributed by atoms with Crippen molar-refractivity contribution in [3.8, 4) is 0 Å². The Hall–Kier alpha value is -1.61. The molecule has 0 spiro atoms. The van der Waals surface area contributed by atoms with E-state index in [0.717, 1.165) is 19.5 Å². The highest BCUT2D eigenvalue weighted by Gasteiger charge is 2.07. The number of carbonyl (C=O) groups is 1. The first-order valence-corrected chi connectivity index (χ1v) is 6.27. The van der Waals surface area contributed by atoms with Gasteiger partial charge in [-0.3, -0.25) is 9.69 Å². The van der Waals surface area contributed by atoms with Gasteiger partial charge in [-0.05, 0) is 18.5 Å². The molecule has 3 nitrogen and oxygen atoms in total. The molecule has 0 aromatic heterocycles. The molecule has 0 unspecified atom stereocenters. The van der Waals surface area contributed by atoms with Crippen molar-refractivity contribution in [1.82, 2.24) is 4.90 Å². The summed E-state index contributed by atoms with van der Waals surface area (Å²) in [7, 11) is 1.42. The Labute approximate surface area is 109 Å². The SMILES string of the molecule is CCCN(CC=Cc1ccccc1)CC(=O)OC. The van der Waals surface area contributed by atoms with Crippen LogP contribution in [0, 0.1) is 0 Å². The molecule has 0 atom stereocenters. The van der Waals surface area contributed by atoms with E-state index in [1.54, 1.807) is 0 Å². The monoisotopic (exact) mass is 247 g/mol. The second-order valence-corrected chi connectivity index (χ2v) is 4.12. The molecule has 0 aliphatic rings. The fourth-order valence-electron chi connectivity index (χ4n) is 1.70. The molecule has 1 aromatic carbocycles. The molecule has 3 heteroatoms. The number of hydrogen-bond acceptors (Lipinski definition) is 3. The van der Waals surface area contributed by atoms with Gasteiger partial charge in [0.2, 0.25) is 0 Å². The van der Waals surface area contributed by atoms with Crippen molar-refractivity contribution in [2.75, 3.05) is 26.7 Å². The minimum atomic E-state index is -0.184. The van der Waals surface area contributed by atoms with Gasteiger partial charge in [0.1, 0.15) is 0 Å². The van der Waals surface area contributed by atoms with E-state index in [1.165, 1.54) is 12.7 Å². The van der Waals surface area contributed by atoms with Crippen LogP contribution in [0.2, 0.25) is 0 Å². The van der Waals surface area contributed by atoms with E-state index in [2.05, 4.69) is 40.8 Å². The summed E-state index contributed by atoms with van der Waals surface area (Å²) in [6, 6.07) is 10.1. The summed E-state index contributed by atoms with van der Waals surface area (Å²) in [6.07, 6.45) is 5.17. The highest BCUT2D eigenvalue weighted by molar-refractivity contribution is 5.71. The lowest BCUT2D eigenvalue weighted by Crippen LogP contribution is -2.31. The number of hydrogen-bond donors (Lipinski definition) is 0. The van der Waals surface area contributed by atoms with Crippen LogP contribution < -0.4 is 0 Å². The quantitative estimate of drug-likeness (QED) is 0.694. The summed E-state index contributed by atoms with van der Waals surface area (Å²) in [5.41, 5.74) is 1.17. The van der Waals surface area contributed by atoms with Crippen LogP contribution >= 0.6 is 0 Å². The van der Waals surface area contributed by atoms with Crippen LogP contribution in [0.1, 0.15) is 18.9 Å². The minimum absolute atomic E-state index is 0.184. The highest BCUT2D eigenvalue weighted by atomic mass is 16.5. The molecule has 0 fully saturated rings. The fourth-order valence-corrected chi connectivity index (χ4v) is 1.70. The van der Waals surface area contributed by atoms with Crippen LogP contribution in [0.4, 0.5) is 0 Å². The maximum Gasteiger partial charge on any atom is 0.319 e.